The minimum absolute atomic E-state index is 0.187. The van der Waals surface area contributed by atoms with Gasteiger partial charge in [0.2, 0.25) is 0 Å². The van der Waals surface area contributed by atoms with Gasteiger partial charge in [-0.3, -0.25) is 0 Å². The first kappa shape index (κ1) is 15.9. The summed E-state index contributed by atoms with van der Waals surface area (Å²) in [7, 11) is 0. The summed E-state index contributed by atoms with van der Waals surface area (Å²) in [5.74, 6) is 0.372. The van der Waals surface area contributed by atoms with Gasteiger partial charge in [0.05, 0.1) is 12.7 Å². The second kappa shape index (κ2) is 8.86. The number of likely N-dealkylation sites (tertiary alicyclic amines) is 1. The Hall–Kier alpha value is -0.160. The van der Waals surface area contributed by atoms with E-state index in [-0.39, 0.29) is 12.7 Å². The number of nitrogens with zero attached hydrogens (tertiary/aromatic N) is 1. The fourth-order valence-corrected chi connectivity index (χ4v) is 2.83. The van der Waals surface area contributed by atoms with Gasteiger partial charge < -0.3 is 20.4 Å². The van der Waals surface area contributed by atoms with Crippen molar-refractivity contribution in [3.8, 4) is 0 Å². The summed E-state index contributed by atoms with van der Waals surface area (Å²) >= 11 is 0. The van der Waals surface area contributed by atoms with Crippen molar-refractivity contribution in [1.29, 1.82) is 0 Å². The fourth-order valence-electron chi connectivity index (χ4n) is 2.83. The smallest absolute Gasteiger partial charge is 0.0578 e. The second-order valence-corrected chi connectivity index (χ2v) is 5.46. The van der Waals surface area contributed by atoms with Crippen LogP contribution in [-0.2, 0) is 0 Å². The average molecular weight is 258 g/mol. The monoisotopic (exact) mass is 258 g/mol. The van der Waals surface area contributed by atoms with Crippen molar-refractivity contribution in [2.45, 2.75) is 51.7 Å². The van der Waals surface area contributed by atoms with E-state index in [1.165, 1.54) is 12.8 Å². The number of unbranched alkanes of at least 4 members (excludes halogenated alkanes) is 1. The maximum Gasteiger partial charge on any atom is 0.0578 e. The Morgan fingerprint density at radius 2 is 2.11 bits per heavy atom. The molecule has 0 amide bonds. The SMILES string of the molecule is CCCCN1CC(NCCO)CC(C(O)CC)C1. The first-order chi connectivity index (χ1) is 8.71. The number of aliphatic hydroxyl groups excluding tert-OH is 2. The zero-order chi connectivity index (χ0) is 13.4. The van der Waals surface area contributed by atoms with Crippen LogP contribution in [0.5, 0.6) is 0 Å². The molecule has 108 valence electrons. The molecule has 1 aliphatic heterocycles. The zero-order valence-corrected chi connectivity index (χ0v) is 11.9. The fraction of sp³-hybridized carbons (Fsp3) is 1.00. The van der Waals surface area contributed by atoms with Crippen LogP contribution in [0.4, 0.5) is 0 Å². The topological polar surface area (TPSA) is 55.7 Å². The lowest BCUT2D eigenvalue weighted by molar-refractivity contribution is 0.0346. The third-order valence-corrected chi connectivity index (χ3v) is 3.89. The van der Waals surface area contributed by atoms with Crippen molar-refractivity contribution < 1.29 is 10.2 Å². The minimum atomic E-state index is -0.187. The van der Waals surface area contributed by atoms with Crippen LogP contribution in [0.1, 0.15) is 39.5 Å². The highest BCUT2D eigenvalue weighted by molar-refractivity contribution is 4.86. The summed E-state index contributed by atoms with van der Waals surface area (Å²) in [4.78, 5) is 2.46. The van der Waals surface area contributed by atoms with Crippen molar-refractivity contribution in [3.05, 3.63) is 0 Å². The molecule has 18 heavy (non-hydrogen) atoms. The van der Waals surface area contributed by atoms with Crippen molar-refractivity contribution in [1.82, 2.24) is 10.2 Å². The molecule has 0 aromatic rings. The first-order valence-corrected chi connectivity index (χ1v) is 7.45. The van der Waals surface area contributed by atoms with Crippen molar-refractivity contribution in [3.63, 3.8) is 0 Å². The van der Waals surface area contributed by atoms with E-state index in [0.29, 0.717) is 18.5 Å². The molecular weight excluding hydrogens is 228 g/mol. The summed E-state index contributed by atoms with van der Waals surface area (Å²) in [5, 5.41) is 22.3. The van der Waals surface area contributed by atoms with Gasteiger partial charge in [-0.1, -0.05) is 20.3 Å². The molecule has 1 aliphatic rings. The molecule has 0 spiro atoms. The Morgan fingerprint density at radius 3 is 2.72 bits per heavy atom. The van der Waals surface area contributed by atoms with Gasteiger partial charge in [-0.05, 0) is 31.7 Å². The standard InChI is InChI=1S/C14H30N2O2/c1-3-5-7-16-10-12(14(18)4-2)9-13(11-16)15-6-8-17/h12-15,17-18H,3-11H2,1-2H3. The van der Waals surface area contributed by atoms with Gasteiger partial charge in [-0.15, -0.1) is 0 Å². The van der Waals surface area contributed by atoms with Gasteiger partial charge in [0.25, 0.3) is 0 Å². The molecule has 0 radical (unpaired) electrons. The molecule has 0 aromatic heterocycles. The number of rotatable bonds is 8. The second-order valence-electron chi connectivity index (χ2n) is 5.46. The molecule has 0 aliphatic carbocycles. The molecule has 0 saturated carbocycles. The van der Waals surface area contributed by atoms with E-state index < -0.39 is 0 Å². The minimum Gasteiger partial charge on any atom is -0.395 e. The molecule has 3 atom stereocenters. The van der Waals surface area contributed by atoms with Crippen LogP contribution in [0.3, 0.4) is 0 Å². The molecule has 1 fully saturated rings. The molecule has 0 aromatic carbocycles. The van der Waals surface area contributed by atoms with Crippen LogP contribution in [0.25, 0.3) is 0 Å². The molecule has 4 heteroatoms. The molecule has 3 unspecified atom stereocenters. The number of hydrogen-bond donors (Lipinski definition) is 3. The normalized spacial score (nSPS) is 27.3. The van der Waals surface area contributed by atoms with Gasteiger partial charge in [0, 0.05) is 25.7 Å². The number of nitrogens with one attached hydrogen (secondary N) is 1. The lowest BCUT2D eigenvalue weighted by Gasteiger charge is -2.40. The van der Waals surface area contributed by atoms with Gasteiger partial charge in [-0.25, -0.2) is 0 Å². The summed E-state index contributed by atoms with van der Waals surface area (Å²) in [6.07, 6.45) is 4.11. The highest BCUT2D eigenvalue weighted by atomic mass is 16.3. The summed E-state index contributed by atoms with van der Waals surface area (Å²) < 4.78 is 0. The maximum atomic E-state index is 10.1. The third kappa shape index (κ3) is 5.22. The molecule has 1 saturated heterocycles. The Morgan fingerprint density at radius 1 is 1.33 bits per heavy atom. The number of piperidine rings is 1. The lowest BCUT2D eigenvalue weighted by atomic mass is 9.88. The van der Waals surface area contributed by atoms with Crippen molar-refractivity contribution in [2.75, 3.05) is 32.8 Å². The molecular formula is C14H30N2O2. The first-order valence-electron chi connectivity index (χ1n) is 7.45. The maximum absolute atomic E-state index is 10.1. The van der Waals surface area contributed by atoms with E-state index in [0.717, 1.165) is 32.5 Å². The van der Waals surface area contributed by atoms with Crippen LogP contribution in [-0.4, -0.2) is 60.0 Å². The Bertz CT molecular complexity index is 198. The van der Waals surface area contributed by atoms with Crippen LogP contribution >= 0.6 is 0 Å². The van der Waals surface area contributed by atoms with E-state index in [2.05, 4.69) is 17.1 Å². The Balaban J connectivity index is 2.48. The molecule has 0 bridgehead atoms. The number of hydrogen-bond acceptors (Lipinski definition) is 4. The summed E-state index contributed by atoms with van der Waals surface area (Å²) in [6.45, 7) is 8.29. The molecule has 4 nitrogen and oxygen atoms in total. The largest absolute Gasteiger partial charge is 0.395 e. The third-order valence-electron chi connectivity index (χ3n) is 3.89. The van der Waals surface area contributed by atoms with Crippen LogP contribution in [0.15, 0.2) is 0 Å². The summed E-state index contributed by atoms with van der Waals surface area (Å²) in [6, 6.07) is 0.411. The quantitative estimate of drug-likeness (QED) is 0.604. The molecule has 3 N–H and O–H groups in total. The van der Waals surface area contributed by atoms with Gasteiger partial charge in [0.15, 0.2) is 0 Å². The zero-order valence-electron chi connectivity index (χ0n) is 11.9. The van der Waals surface area contributed by atoms with Crippen LogP contribution < -0.4 is 5.32 Å². The van der Waals surface area contributed by atoms with Gasteiger partial charge in [-0.2, -0.15) is 0 Å². The predicted molar refractivity (Wildman–Crippen MR) is 74.6 cm³/mol. The Kier molecular flexibility index (Phi) is 7.82. The summed E-state index contributed by atoms with van der Waals surface area (Å²) in [5.41, 5.74) is 0. The van der Waals surface area contributed by atoms with Gasteiger partial charge in [0.1, 0.15) is 0 Å². The van der Waals surface area contributed by atoms with Crippen molar-refractivity contribution in [2.24, 2.45) is 5.92 Å². The van der Waals surface area contributed by atoms with E-state index in [1.807, 2.05) is 6.92 Å². The Labute approximate surface area is 111 Å². The predicted octanol–water partition coefficient (Wildman–Crippen LogP) is 0.830. The lowest BCUT2D eigenvalue weighted by Crippen LogP contribution is -2.52. The van der Waals surface area contributed by atoms with E-state index in [4.69, 9.17) is 5.11 Å². The van der Waals surface area contributed by atoms with Gasteiger partial charge >= 0.3 is 0 Å². The number of aliphatic hydroxyl groups is 2. The van der Waals surface area contributed by atoms with E-state index in [1.54, 1.807) is 0 Å². The molecule has 1 heterocycles. The highest BCUT2D eigenvalue weighted by Gasteiger charge is 2.30. The van der Waals surface area contributed by atoms with E-state index >= 15 is 0 Å². The van der Waals surface area contributed by atoms with Crippen LogP contribution in [0, 0.1) is 5.92 Å². The average Bonchev–Trinajstić information content (AvgIpc) is 2.41. The van der Waals surface area contributed by atoms with Crippen LogP contribution in [0.2, 0.25) is 0 Å². The molecule has 1 rings (SSSR count). The van der Waals surface area contributed by atoms with Crippen molar-refractivity contribution >= 4 is 0 Å². The highest BCUT2D eigenvalue weighted by Crippen LogP contribution is 2.22. The van der Waals surface area contributed by atoms with E-state index in [9.17, 15) is 5.11 Å².